The molecular formula is C15H19ClN4OS. The molecule has 0 aliphatic rings. The van der Waals surface area contributed by atoms with Crippen LogP contribution in [0.1, 0.15) is 16.4 Å². The first kappa shape index (κ1) is 16.7. The monoisotopic (exact) mass is 338 g/mol. The second-order valence-corrected chi connectivity index (χ2v) is 6.63. The molecule has 5 nitrogen and oxygen atoms in total. The molecule has 0 aliphatic heterocycles. The van der Waals surface area contributed by atoms with Crippen LogP contribution < -0.4 is 5.32 Å². The van der Waals surface area contributed by atoms with E-state index in [-0.39, 0.29) is 6.03 Å². The summed E-state index contributed by atoms with van der Waals surface area (Å²) in [6.45, 7) is 3.06. The molecule has 2 amide bonds. The van der Waals surface area contributed by atoms with Gasteiger partial charge in [-0.1, -0.05) is 17.7 Å². The molecule has 2 rings (SSSR count). The lowest BCUT2D eigenvalue weighted by Gasteiger charge is -2.17. The number of nitrogens with zero attached hydrogens (tertiary/aromatic N) is 3. The summed E-state index contributed by atoms with van der Waals surface area (Å²) >= 11 is 7.44. The number of urea groups is 1. The van der Waals surface area contributed by atoms with Crippen molar-refractivity contribution in [2.75, 3.05) is 20.1 Å². The van der Waals surface area contributed by atoms with Gasteiger partial charge in [0.2, 0.25) is 0 Å². The fourth-order valence-corrected chi connectivity index (χ4v) is 2.98. The van der Waals surface area contributed by atoms with Crippen LogP contribution in [0.3, 0.4) is 0 Å². The molecule has 1 N–H and O–H groups in total. The quantitative estimate of drug-likeness (QED) is 0.881. The molecule has 118 valence electrons. The van der Waals surface area contributed by atoms with E-state index in [4.69, 9.17) is 11.6 Å². The topological polar surface area (TPSA) is 58.1 Å². The predicted molar refractivity (Wildman–Crippen MR) is 89.5 cm³/mol. The molecule has 0 spiro atoms. The van der Waals surface area contributed by atoms with Crippen molar-refractivity contribution in [2.24, 2.45) is 0 Å². The van der Waals surface area contributed by atoms with Gasteiger partial charge >= 0.3 is 6.03 Å². The summed E-state index contributed by atoms with van der Waals surface area (Å²) in [5, 5.41) is 3.83. The summed E-state index contributed by atoms with van der Waals surface area (Å²) in [7, 11) is 1.78. The average Bonchev–Trinajstić information content (AvgIpc) is 2.84. The second kappa shape index (κ2) is 8.10. The van der Waals surface area contributed by atoms with Crippen LogP contribution in [0.5, 0.6) is 0 Å². The Kier molecular flexibility index (Phi) is 6.15. The van der Waals surface area contributed by atoms with E-state index in [9.17, 15) is 4.79 Å². The van der Waals surface area contributed by atoms with E-state index in [2.05, 4.69) is 15.3 Å². The summed E-state index contributed by atoms with van der Waals surface area (Å²) in [5.74, 6) is 0. The van der Waals surface area contributed by atoms with Crippen LogP contribution in [0.2, 0.25) is 4.34 Å². The molecule has 0 atom stereocenters. The van der Waals surface area contributed by atoms with E-state index < -0.39 is 0 Å². The molecular weight excluding hydrogens is 320 g/mol. The summed E-state index contributed by atoms with van der Waals surface area (Å²) in [6, 6.07) is 5.70. The maximum Gasteiger partial charge on any atom is 0.317 e. The molecule has 22 heavy (non-hydrogen) atoms. The Labute approximate surface area is 139 Å². The predicted octanol–water partition coefficient (Wildman–Crippen LogP) is 2.93. The maximum atomic E-state index is 12.0. The minimum absolute atomic E-state index is 0.0877. The molecule has 0 fully saturated rings. The van der Waals surface area contributed by atoms with Gasteiger partial charge in [0.15, 0.2) is 0 Å². The van der Waals surface area contributed by atoms with Gasteiger partial charge in [-0.15, -0.1) is 11.3 Å². The largest absolute Gasteiger partial charge is 0.338 e. The number of amides is 2. The van der Waals surface area contributed by atoms with Crippen molar-refractivity contribution in [3.63, 3.8) is 0 Å². The SMILES string of the molecule is Cc1nc(CCNC(=O)N(C)CCc2ccccn2)sc1Cl. The molecule has 2 heterocycles. The Hall–Kier alpha value is -1.66. The number of carbonyl (C=O) groups excluding carboxylic acids is 1. The zero-order valence-electron chi connectivity index (χ0n) is 12.7. The number of hydrogen-bond donors (Lipinski definition) is 1. The molecule has 0 saturated carbocycles. The molecule has 0 saturated heterocycles. The number of carbonyl (C=O) groups is 1. The van der Waals surface area contributed by atoms with Crippen LogP contribution in [0.25, 0.3) is 0 Å². The Morgan fingerprint density at radius 3 is 2.86 bits per heavy atom. The van der Waals surface area contributed by atoms with Crippen molar-refractivity contribution in [1.82, 2.24) is 20.2 Å². The summed E-state index contributed by atoms with van der Waals surface area (Å²) in [6.07, 6.45) is 3.20. The number of nitrogens with one attached hydrogen (secondary N) is 1. The molecule has 0 aliphatic carbocycles. The van der Waals surface area contributed by atoms with Gasteiger partial charge in [-0.3, -0.25) is 4.98 Å². The van der Waals surface area contributed by atoms with Crippen LogP contribution in [0.4, 0.5) is 4.79 Å². The minimum atomic E-state index is -0.0877. The average molecular weight is 339 g/mol. The number of rotatable bonds is 6. The highest BCUT2D eigenvalue weighted by molar-refractivity contribution is 7.16. The number of aryl methyl sites for hydroxylation is 1. The van der Waals surface area contributed by atoms with E-state index in [0.29, 0.717) is 23.8 Å². The van der Waals surface area contributed by atoms with Gasteiger partial charge in [-0.2, -0.15) is 0 Å². The number of thiazole rings is 1. The van der Waals surface area contributed by atoms with Gasteiger partial charge in [-0.05, 0) is 19.1 Å². The number of hydrogen-bond acceptors (Lipinski definition) is 4. The Balaban J connectivity index is 1.70. The first-order valence-electron chi connectivity index (χ1n) is 7.07. The lowest BCUT2D eigenvalue weighted by atomic mass is 10.2. The fourth-order valence-electron chi connectivity index (χ4n) is 1.88. The number of aromatic nitrogens is 2. The Morgan fingerprint density at radius 1 is 1.41 bits per heavy atom. The molecule has 2 aromatic heterocycles. The van der Waals surface area contributed by atoms with Gasteiger partial charge in [0.05, 0.1) is 10.7 Å². The maximum absolute atomic E-state index is 12.0. The van der Waals surface area contributed by atoms with Gasteiger partial charge in [0, 0.05) is 44.9 Å². The van der Waals surface area contributed by atoms with Crippen molar-refractivity contribution in [1.29, 1.82) is 0 Å². The normalized spacial score (nSPS) is 10.5. The minimum Gasteiger partial charge on any atom is -0.338 e. The summed E-state index contributed by atoms with van der Waals surface area (Å²) < 4.78 is 0.716. The molecule has 0 aromatic carbocycles. The standard InChI is InChI=1S/C15H19ClN4OS/c1-11-14(16)22-13(19-11)6-9-18-15(21)20(2)10-7-12-5-3-4-8-17-12/h3-5,8H,6-7,9-10H2,1-2H3,(H,18,21). The van der Waals surface area contributed by atoms with Gasteiger partial charge < -0.3 is 10.2 Å². The Morgan fingerprint density at radius 2 is 2.23 bits per heavy atom. The fraction of sp³-hybridized carbons (Fsp3) is 0.400. The third kappa shape index (κ3) is 4.96. The molecule has 2 aromatic rings. The third-order valence-corrected chi connectivity index (χ3v) is 4.69. The second-order valence-electron chi connectivity index (χ2n) is 4.94. The summed E-state index contributed by atoms with van der Waals surface area (Å²) in [4.78, 5) is 22.2. The van der Waals surface area contributed by atoms with E-state index in [1.165, 1.54) is 11.3 Å². The first-order chi connectivity index (χ1) is 10.6. The highest BCUT2D eigenvalue weighted by Gasteiger charge is 2.09. The number of pyridine rings is 1. The number of likely N-dealkylation sites (N-methyl/N-ethyl adjacent to an activating group) is 1. The van der Waals surface area contributed by atoms with Crippen LogP contribution in [0.15, 0.2) is 24.4 Å². The summed E-state index contributed by atoms with van der Waals surface area (Å²) in [5.41, 5.74) is 1.83. The van der Waals surface area contributed by atoms with E-state index in [1.807, 2.05) is 25.1 Å². The third-order valence-electron chi connectivity index (χ3n) is 3.18. The van der Waals surface area contributed by atoms with Crippen molar-refractivity contribution in [2.45, 2.75) is 19.8 Å². The van der Waals surface area contributed by atoms with Crippen LogP contribution in [-0.4, -0.2) is 41.0 Å². The van der Waals surface area contributed by atoms with Gasteiger partial charge in [0.1, 0.15) is 4.34 Å². The van der Waals surface area contributed by atoms with Crippen LogP contribution >= 0.6 is 22.9 Å². The van der Waals surface area contributed by atoms with Gasteiger partial charge in [-0.25, -0.2) is 9.78 Å². The van der Waals surface area contributed by atoms with Gasteiger partial charge in [0.25, 0.3) is 0 Å². The number of halogens is 1. The zero-order chi connectivity index (χ0) is 15.9. The molecule has 0 radical (unpaired) electrons. The highest BCUT2D eigenvalue weighted by Crippen LogP contribution is 2.23. The zero-order valence-corrected chi connectivity index (χ0v) is 14.2. The lowest BCUT2D eigenvalue weighted by molar-refractivity contribution is 0.209. The molecule has 0 unspecified atom stereocenters. The van der Waals surface area contributed by atoms with Crippen LogP contribution in [0, 0.1) is 6.92 Å². The first-order valence-corrected chi connectivity index (χ1v) is 8.26. The lowest BCUT2D eigenvalue weighted by Crippen LogP contribution is -2.39. The van der Waals surface area contributed by atoms with E-state index >= 15 is 0 Å². The highest BCUT2D eigenvalue weighted by atomic mass is 35.5. The van der Waals surface area contributed by atoms with E-state index in [0.717, 1.165) is 22.8 Å². The van der Waals surface area contributed by atoms with Crippen molar-refractivity contribution in [3.05, 3.63) is 45.1 Å². The van der Waals surface area contributed by atoms with Crippen molar-refractivity contribution >= 4 is 29.0 Å². The van der Waals surface area contributed by atoms with Crippen molar-refractivity contribution < 1.29 is 4.79 Å². The molecule has 0 bridgehead atoms. The van der Waals surface area contributed by atoms with E-state index in [1.54, 1.807) is 18.1 Å². The smallest absolute Gasteiger partial charge is 0.317 e. The van der Waals surface area contributed by atoms with Crippen molar-refractivity contribution in [3.8, 4) is 0 Å². The Bertz CT molecular complexity index is 598. The molecule has 7 heteroatoms. The van der Waals surface area contributed by atoms with Crippen LogP contribution in [-0.2, 0) is 12.8 Å².